The Morgan fingerprint density at radius 3 is 2.39 bits per heavy atom. The molecule has 0 aliphatic carbocycles. The topological polar surface area (TPSA) is 109 Å². The quantitative estimate of drug-likeness (QED) is 0.582. The van der Waals surface area contributed by atoms with Gasteiger partial charge >= 0.3 is 6.09 Å². The smallest absolute Gasteiger partial charge is 0.410 e. The van der Waals surface area contributed by atoms with Crippen LogP contribution >= 0.6 is 0 Å². The van der Waals surface area contributed by atoms with Crippen molar-refractivity contribution in [3.05, 3.63) is 53.8 Å². The molecule has 2 N–H and O–H groups in total. The summed E-state index contributed by atoms with van der Waals surface area (Å²) in [6.07, 6.45) is 2.53. The predicted molar refractivity (Wildman–Crippen MR) is 141 cm³/mol. The van der Waals surface area contributed by atoms with E-state index in [0.29, 0.717) is 37.2 Å². The Balaban J connectivity index is 1.31. The van der Waals surface area contributed by atoms with Gasteiger partial charge in [-0.3, -0.25) is 4.79 Å². The van der Waals surface area contributed by atoms with Crippen LogP contribution in [0.4, 0.5) is 9.18 Å². The summed E-state index contributed by atoms with van der Waals surface area (Å²) in [6, 6.07) is 13.2. The normalized spacial score (nSPS) is 18.8. The molecule has 2 aliphatic rings. The summed E-state index contributed by atoms with van der Waals surface area (Å²) in [5, 5.41) is 9.22. The van der Waals surface area contributed by atoms with Crippen molar-refractivity contribution < 1.29 is 23.5 Å². The van der Waals surface area contributed by atoms with Gasteiger partial charge in [0.1, 0.15) is 23.7 Å². The third kappa shape index (κ3) is 6.62. The lowest BCUT2D eigenvalue weighted by Crippen LogP contribution is -2.46. The molecule has 202 valence electrons. The fraction of sp³-hybridized carbons (Fsp3) is 0.483. The van der Waals surface area contributed by atoms with Gasteiger partial charge in [-0.1, -0.05) is 24.3 Å². The van der Waals surface area contributed by atoms with E-state index in [1.165, 1.54) is 11.0 Å². The van der Waals surface area contributed by atoms with Crippen LogP contribution in [-0.2, 0) is 16.0 Å². The molecule has 2 aromatic rings. The summed E-state index contributed by atoms with van der Waals surface area (Å²) in [4.78, 5) is 27.9. The fourth-order valence-corrected chi connectivity index (χ4v) is 4.95. The van der Waals surface area contributed by atoms with Crippen LogP contribution in [0.3, 0.4) is 0 Å². The number of likely N-dealkylation sites (tertiary alicyclic amines) is 2. The minimum absolute atomic E-state index is 0.0107. The molecule has 2 aromatic carbocycles. The highest BCUT2D eigenvalue weighted by Crippen LogP contribution is 2.27. The van der Waals surface area contributed by atoms with Crippen LogP contribution in [-0.4, -0.2) is 65.7 Å². The zero-order valence-corrected chi connectivity index (χ0v) is 21.9. The molecule has 8 nitrogen and oxygen atoms in total. The van der Waals surface area contributed by atoms with Gasteiger partial charge < -0.3 is 25.0 Å². The van der Waals surface area contributed by atoms with E-state index < -0.39 is 17.9 Å². The van der Waals surface area contributed by atoms with Crippen molar-refractivity contribution >= 4 is 12.0 Å². The van der Waals surface area contributed by atoms with E-state index in [9.17, 15) is 19.2 Å². The number of carbonyl (C=O) groups is 2. The Labute approximate surface area is 223 Å². The number of nitrogens with zero attached hydrogens (tertiary/aromatic N) is 3. The van der Waals surface area contributed by atoms with Crippen LogP contribution in [0.1, 0.15) is 45.1 Å². The molecule has 38 heavy (non-hydrogen) atoms. The molecule has 0 saturated carbocycles. The summed E-state index contributed by atoms with van der Waals surface area (Å²) < 4.78 is 26.3. The van der Waals surface area contributed by atoms with Crippen molar-refractivity contribution in [2.75, 3.05) is 19.6 Å². The zero-order valence-electron chi connectivity index (χ0n) is 21.9. The van der Waals surface area contributed by atoms with Crippen molar-refractivity contribution in [2.45, 2.75) is 70.2 Å². The molecule has 2 aliphatic heterocycles. The Kier molecular flexibility index (Phi) is 8.85. The molecule has 4 rings (SSSR count). The van der Waals surface area contributed by atoms with E-state index in [0.717, 1.165) is 30.6 Å². The highest BCUT2D eigenvalue weighted by Gasteiger charge is 2.32. The average molecular weight is 523 g/mol. The van der Waals surface area contributed by atoms with Gasteiger partial charge in [-0.05, 0) is 68.0 Å². The summed E-state index contributed by atoms with van der Waals surface area (Å²) in [5.41, 5.74) is 8.00. The fourth-order valence-electron chi connectivity index (χ4n) is 4.95. The third-order valence-electron chi connectivity index (χ3n) is 7.02. The molecule has 0 spiro atoms. The van der Waals surface area contributed by atoms with Gasteiger partial charge in [0.05, 0.1) is 18.2 Å². The average Bonchev–Trinajstić information content (AvgIpc) is 3.39. The number of rotatable bonds is 7. The lowest BCUT2D eigenvalue weighted by Gasteiger charge is -2.32. The molecule has 9 heteroatoms. The van der Waals surface area contributed by atoms with Crippen LogP contribution in [0.2, 0.25) is 0 Å². The highest BCUT2D eigenvalue weighted by molar-refractivity contribution is 5.83. The number of hydrogen-bond acceptors (Lipinski definition) is 6. The van der Waals surface area contributed by atoms with Crippen LogP contribution < -0.4 is 10.5 Å². The van der Waals surface area contributed by atoms with Gasteiger partial charge in [-0.15, -0.1) is 0 Å². The number of nitriles is 1. The number of carbonyl (C=O) groups excluding carboxylic acids is 2. The molecule has 2 unspecified atom stereocenters. The lowest BCUT2D eigenvalue weighted by atomic mass is 9.99. The molecular formula is C29H35FN4O4. The van der Waals surface area contributed by atoms with Gasteiger partial charge in [0, 0.05) is 32.5 Å². The molecule has 2 atom stereocenters. The summed E-state index contributed by atoms with van der Waals surface area (Å²) >= 11 is 0. The maximum atomic E-state index is 14.9. The molecule has 0 radical (unpaired) electrons. The van der Waals surface area contributed by atoms with Crippen molar-refractivity contribution in [3.8, 4) is 22.9 Å². The van der Waals surface area contributed by atoms with Crippen LogP contribution in [0.5, 0.6) is 5.75 Å². The first-order valence-electron chi connectivity index (χ1n) is 13.2. The van der Waals surface area contributed by atoms with Crippen molar-refractivity contribution in [1.82, 2.24) is 9.80 Å². The van der Waals surface area contributed by atoms with Crippen molar-refractivity contribution in [1.29, 1.82) is 5.26 Å². The molecule has 2 heterocycles. The number of halogens is 1. The van der Waals surface area contributed by atoms with Gasteiger partial charge in [-0.2, -0.15) is 5.26 Å². The highest BCUT2D eigenvalue weighted by atomic mass is 19.1. The second-order valence-corrected chi connectivity index (χ2v) is 10.2. The van der Waals surface area contributed by atoms with Crippen LogP contribution in [0, 0.1) is 17.1 Å². The van der Waals surface area contributed by atoms with Crippen molar-refractivity contribution in [3.63, 3.8) is 0 Å². The van der Waals surface area contributed by atoms with Gasteiger partial charge in [0.2, 0.25) is 5.91 Å². The summed E-state index contributed by atoms with van der Waals surface area (Å²) in [6.45, 7) is 5.36. The number of ether oxygens (including phenoxy) is 2. The zero-order chi connectivity index (χ0) is 27.2. The largest absolute Gasteiger partial charge is 0.490 e. The summed E-state index contributed by atoms with van der Waals surface area (Å²) in [7, 11) is 0. The molecular weight excluding hydrogens is 487 g/mol. The third-order valence-corrected chi connectivity index (χ3v) is 7.02. The van der Waals surface area contributed by atoms with E-state index in [2.05, 4.69) is 6.07 Å². The molecule has 0 bridgehead atoms. The van der Waals surface area contributed by atoms with E-state index >= 15 is 0 Å². The van der Waals surface area contributed by atoms with Crippen LogP contribution in [0.15, 0.2) is 42.5 Å². The van der Waals surface area contributed by atoms with Crippen LogP contribution in [0.25, 0.3) is 11.1 Å². The number of hydrogen-bond donors (Lipinski definition) is 1. The van der Waals surface area contributed by atoms with Gasteiger partial charge in [-0.25, -0.2) is 9.18 Å². The Bertz CT molecular complexity index is 1170. The van der Waals surface area contributed by atoms with E-state index in [-0.39, 0.29) is 30.6 Å². The second-order valence-electron chi connectivity index (χ2n) is 10.2. The van der Waals surface area contributed by atoms with E-state index in [1.54, 1.807) is 11.0 Å². The first-order chi connectivity index (χ1) is 18.2. The Morgan fingerprint density at radius 2 is 1.76 bits per heavy atom. The minimum Gasteiger partial charge on any atom is -0.490 e. The molecule has 0 aromatic heterocycles. The summed E-state index contributed by atoms with van der Waals surface area (Å²) in [5.74, 6) is -0.0162. The Hall–Kier alpha value is -3.64. The maximum Gasteiger partial charge on any atom is 0.410 e. The molecule has 2 saturated heterocycles. The number of nitrogens with two attached hydrogens (primary N) is 1. The predicted octanol–water partition coefficient (Wildman–Crippen LogP) is 4.27. The lowest BCUT2D eigenvalue weighted by molar-refractivity contribution is -0.132. The second kappa shape index (κ2) is 12.3. The monoisotopic (exact) mass is 522 g/mol. The molecule has 2 amide bonds. The maximum absolute atomic E-state index is 14.9. The minimum atomic E-state index is -0.895. The standard InChI is InChI=1S/C29H35FN4O4/c1-19(2)37-29(36)33-14-11-25(12-15-33)38-24-9-7-20(8-10-24)21-5-6-22(26(30)16-21)17-27(32)28(35)34-13-3-4-23(34)18-31/h5-10,16,19,23,25,27H,3-4,11-15,17,32H2,1-2H3. The first-order valence-corrected chi connectivity index (χ1v) is 13.2. The number of benzene rings is 2. The first kappa shape index (κ1) is 27.4. The van der Waals surface area contributed by atoms with Crippen molar-refractivity contribution in [2.24, 2.45) is 5.73 Å². The molecule has 2 fully saturated rings. The van der Waals surface area contributed by atoms with E-state index in [1.807, 2.05) is 44.2 Å². The number of amides is 2. The SMILES string of the molecule is CC(C)OC(=O)N1CCC(Oc2ccc(-c3ccc(CC(N)C(=O)N4CCCC4C#N)c(F)c3)cc2)CC1. The van der Waals surface area contributed by atoms with E-state index in [4.69, 9.17) is 15.2 Å². The van der Waals surface area contributed by atoms with Gasteiger partial charge in [0.25, 0.3) is 0 Å². The van der Waals surface area contributed by atoms with Gasteiger partial charge in [0.15, 0.2) is 0 Å². The Morgan fingerprint density at radius 1 is 1.08 bits per heavy atom. The number of piperidine rings is 1.